The summed E-state index contributed by atoms with van der Waals surface area (Å²) < 4.78 is 6.02. The van der Waals surface area contributed by atoms with Gasteiger partial charge in [0.15, 0.2) is 0 Å². The van der Waals surface area contributed by atoms with Crippen LogP contribution in [0.15, 0.2) is 47.4 Å². The summed E-state index contributed by atoms with van der Waals surface area (Å²) in [5.74, 6) is 2.29. The van der Waals surface area contributed by atoms with Gasteiger partial charge in [0.05, 0.1) is 0 Å². The Hall–Kier alpha value is -1.45. The van der Waals surface area contributed by atoms with E-state index in [2.05, 4.69) is 38.3 Å². The van der Waals surface area contributed by atoms with Crippen LogP contribution in [0.2, 0.25) is 0 Å². The van der Waals surface area contributed by atoms with E-state index in [1.54, 1.807) is 11.8 Å². The molecule has 0 radical (unpaired) electrons. The molecule has 1 unspecified atom stereocenters. The molecule has 0 saturated carbocycles. The lowest BCUT2D eigenvalue weighted by atomic mass is 9.99. The fourth-order valence-electron chi connectivity index (χ4n) is 2.26. The SMILES string of the molecule is CCC(C)c1ccc(Oc2cccc(SC)c2CN)cc1. The molecule has 0 bridgehead atoms. The van der Waals surface area contributed by atoms with Crippen LogP contribution in [0.25, 0.3) is 0 Å². The number of nitrogens with two attached hydrogens (primary N) is 1. The van der Waals surface area contributed by atoms with E-state index in [0.29, 0.717) is 12.5 Å². The van der Waals surface area contributed by atoms with Crippen molar-refractivity contribution in [2.45, 2.75) is 37.6 Å². The van der Waals surface area contributed by atoms with E-state index < -0.39 is 0 Å². The summed E-state index contributed by atoms with van der Waals surface area (Å²) in [6.45, 7) is 4.93. The highest BCUT2D eigenvalue weighted by Gasteiger charge is 2.09. The largest absolute Gasteiger partial charge is 0.457 e. The number of ether oxygens (including phenoxy) is 1. The quantitative estimate of drug-likeness (QED) is 0.747. The van der Waals surface area contributed by atoms with Crippen molar-refractivity contribution in [3.05, 3.63) is 53.6 Å². The minimum Gasteiger partial charge on any atom is -0.457 e. The van der Waals surface area contributed by atoms with E-state index in [-0.39, 0.29) is 0 Å². The van der Waals surface area contributed by atoms with Crippen molar-refractivity contribution in [1.29, 1.82) is 0 Å². The van der Waals surface area contributed by atoms with Gasteiger partial charge < -0.3 is 10.5 Å². The highest BCUT2D eigenvalue weighted by atomic mass is 32.2. The average molecular weight is 301 g/mol. The Morgan fingerprint density at radius 3 is 2.43 bits per heavy atom. The van der Waals surface area contributed by atoms with Gasteiger partial charge in [0, 0.05) is 17.0 Å². The minimum atomic E-state index is 0.483. The fourth-order valence-corrected chi connectivity index (χ4v) is 2.91. The number of rotatable bonds is 6. The summed E-state index contributed by atoms with van der Waals surface area (Å²) >= 11 is 1.69. The zero-order chi connectivity index (χ0) is 15.2. The molecule has 0 amide bonds. The summed E-state index contributed by atoms with van der Waals surface area (Å²) in [5, 5.41) is 0. The molecular formula is C18H23NOS. The van der Waals surface area contributed by atoms with Crippen molar-refractivity contribution in [2.75, 3.05) is 6.26 Å². The van der Waals surface area contributed by atoms with Gasteiger partial charge >= 0.3 is 0 Å². The highest BCUT2D eigenvalue weighted by Crippen LogP contribution is 2.32. The van der Waals surface area contributed by atoms with Crippen molar-refractivity contribution >= 4 is 11.8 Å². The van der Waals surface area contributed by atoms with E-state index in [1.165, 1.54) is 10.5 Å². The lowest BCUT2D eigenvalue weighted by molar-refractivity contribution is 0.474. The van der Waals surface area contributed by atoms with Crippen LogP contribution in [0.5, 0.6) is 11.5 Å². The van der Waals surface area contributed by atoms with Crippen LogP contribution in [0, 0.1) is 0 Å². The first kappa shape index (κ1) is 15.9. The molecular weight excluding hydrogens is 278 g/mol. The third-order valence-corrected chi connectivity index (χ3v) is 4.63. The van der Waals surface area contributed by atoms with E-state index >= 15 is 0 Å². The first-order chi connectivity index (χ1) is 10.2. The molecule has 0 aliphatic carbocycles. The van der Waals surface area contributed by atoms with Crippen LogP contribution in [-0.2, 0) is 6.54 Å². The smallest absolute Gasteiger partial charge is 0.133 e. The number of benzene rings is 2. The van der Waals surface area contributed by atoms with Crippen LogP contribution in [-0.4, -0.2) is 6.26 Å². The molecule has 3 heteroatoms. The Balaban J connectivity index is 2.22. The summed E-state index contributed by atoms with van der Waals surface area (Å²) in [5.41, 5.74) is 8.28. The van der Waals surface area contributed by atoms with Crippen LogP contribution < -0.4 is 10.5 Å². The third kappa shape index (κ3) is 3.80. The topological polar surface area (TPSA) is 35.2 Å². The van der Waals surface area contributed by atoms with Crippen molar-refractivity contribution < 1.29 is 4.74 Å². The number of thioether (sulfide) groups is 1. The van der Waals surface area contributed by atoms with Gasteiger partial charge in [-0.25, -0.2) is 0 Å². The van der Waals surface area contributed by atoms with Crippen LogP contribution >= 0.6 is 11.8 Å². The molecule has 0 spiro atoms. The van der Waals surface area contributed by atoms with Crippen molar-refractivity contribution in [3.63, 3.8) is 0 Å². The molecule has 2 aromatic rings. The molecule has 21 heavy (non-hydrogen) atoms. The Bertz CT molecular complexity index is 580. The van der Waals surface area contributed by atoms with Crippen molar-refractivity contribution in [1.82, 2.24) is 0 Å². The van der Waals surface area contributed by atoms with E-state index in [4.69, 9.17) is 10.5 Å². The molecule has 1 atom stereocenters. The number of hydrogen-bond acceptors (Lipinski definition) is 3. The molecule has 2 aromatic carbocycles. The van der Waals surface area contributed by atoms with Crippen LogP contribution in [0.1, 0.15) is 37.3 Å². The summed E-state index contributed by atoms with van der Waals surface area (Å²) in [7, 11) is 0. The van der Waals surface area contributed by atoms with Gasteiger partial charge in [0.1, 0.15) is 11.5 Å². The first-order valence-corrected chi connectivity index (χ1v) is 8.55. The molecule has 2 rings (SSSR count). The predicted octanol–water partition coefficient (Wildman–Crippen LogP) is 5.17. The highest BCUT2D eigenvalue weighted by molar-refractivity contribution is 7.98. The first-order valence-electron chi connectivity index (χ1n) is 7.33. The summed E-state index contributed by atoms with van der Waals surface area (Å²) in [6, 6.07) is 14.4. The van der Waals surface area contributed by atoms with Crippen molar-refractivity contribution in [2.24, 2.45) is 5.73 Å². The standard InChI is InChI=1S/C18H23NOS/c1-4-13(2)14-8-10-15(11-9-14)20-17-6-5-7-18(21-3)16(17)12-19/h5-11,13H,4,12,19H2,1-3H3. The monoisotopic (exact) mass is 301 g/mol. The van der Waals surface area contributed by atoms with Gasteiger partial charge in [-0.15, -0.1) is 11.8 Å². The summed E-state index contributed by atoms with van der Waals surface area (Å²) in [4.78, 5) is 1.17. The van der Waals surface area contributed by atoms with E-state index in [1.807, 2.05) is 24.3 Å². The van der Waals surface area contributed by atoms with Gasteiger partial charge in [0.2, 0.25) is 0 Å². The maximum atomic E-state index is 6.02. The van der Waals surface area contributed by atoms with Crippen molar-refractivity contribution in [3.8, 4) is 11.5 Å². The second-order valence-electron chi connectivity index (χ2n) is 5.12. The van der Waals surface area contributed by atoms with E-state index in [9.17, 15) is 0 Å². The Morgan fingerprint density at radius 2 is 1.86 bits per heavy atom. The molecule has 0 fully saturated rings. The van der Waals surface area contributed by atoms with Gasteiger partial charge in [-0.2, -0.15) is 0 Å². The number of hydrogen-bond donors (Lipinski definition) is 1. The maximum Gasteiger partial charge on any atom is 0.133 e. The van der Waals surface area contributed by atoms with E-state index in [0.717, 1.165) is 23.5 Å². The fraction of sp³-hybridized carbons (Fsp3) is 0.333. The molecule has 0 aliphatic rings. The zero-order valence-corrected chi connectivity index (χ0v) is 13.7. The minimum absolute atomic E-state index is 0.483. The molecule has 0 heterocycles. The van der Waals surface area contributed by atoms with Crippen LogP contribution in [0.3, 0.4) is 0 Å². The Labute approximate surface area is 131 Å². The maximum absolute atomic E-state index is 6.02. The normalized spacial score (nSPS) is 12.2. The van der Waals surface area contributed by atoms with Crippen LogP contribution in [0.4, 0.5) is 0 Å². The summed E-state index contributed by atoms with van der Waals surface area (Å²) in [6.07, 6.45) is 3.20. The van der Waals surface area contributed by atoms with Gasteiger partial charge in [-0.05, 0) is 48.4 Å². The molecule has 2 nitrogen and oxygen atoms in total. The molecule has 2 N–H and O–H groups in total. The predicted molar refractivity (Wildman–Crippen MR) is 91.3 cm³/mol. The lowest BCUT2D eigenvalue weighted by Gasteiger charge is -2.14. The molecule has 0 saturated heterocycles. The second-order valence-corrected chi connectivity index (χ2v) is 5.97. The molecule has 0 aliphatic heterocycles. The molecule has 112 valence electrons. The Morgan fingerprint density at radius 1 is 1.14 bits per heavy atom. The Kier molecular flexibility index (Phi) is 5.71. The third-order valence-electron chi connectivity index (χ3n) is 3.80. The molecule has 0 aromatic heterocycles. The van der Waals surface area contributed by atoms with Gasteiger partial charge in [0.25, 0.3) is 0 Å². The average Bonchev–Trinajstić information content (AvgIpc) is 2.54. The van der Waals surface area contributed by atoms with Gasteiger partial charge in [-0.3, -0.25) is 0 Å². The lowest BCUT2D eigenvalue weighted by Crippen LogP contribution is -2.01. The second kappa shape index (κ2) is 7.53. The zero-order valence-electron chi connectivity index (χ0n) is 12.9. The van der Waals surface area contributed by atoms with Gasteiger partial charge in [-0.1, -0.05) is 32.0 Å².